The molecule has 0 aliphatic carbocycles. The Hall–Kier alpha value is -2.86. The minimum absolute atomic E-state index is 0.0616. The molecule has 6 heteroatoms. The van der Waals surface area contributed by atoms with E-state index in [9.17, 15) is 8.78 Å². The highest BCUT2D eigenvalue weighted by molar-refractivity contribution is 5.60. The molecule has 1 aliphatic heterocycles. The molecule has 138 valence electrons. The van der Waals surface area contributed by atoms with Crippen LogP contribution in [0.15, 0.2) is 54.7 Å². The van der Waals surface area contributed by atoms with Crippen LogP contribution in [0.5, 0.6) is 5.75 Å². The first-order valence-corrected chi connectivity index (χ1v) is 8.82. The summed E-state index contributed by atoms with van der Waals surface area (Å²) < 4.78 is 33.5. The lowest BCUT2D eigenvalue weighted by Gasteiger charge is -2.20. The van der Waals surface area contributed by atoms with Gasteiger partial charge in [0.1, 0.15) is 6.10 Å². The lowest BCUT2D eigenvalue weighted by atomic mass is 9.97. The van der Waals surface area contributed by atoms with E-state index in [1.54, 1.807) is 6.20 Å². The highest BCUT2D eigenvalue weighted by Crippen LogP contribution is 2.34. The van der Waals surface area contributed by atoms with Gasteiger partial charge in [-0.15, -0.1) is 0 Å². The number of fused-ring (bicyclic) bond motifs is 1. The van der Waals surface area contributed by atoms with Crippen molar-refractivity contribution in [3.05, 3.63) is 77.5 Å². The minimum Gasteiger partial charge on any atom is -0.482 e. The van der Waals surface area contributed by atoms with E-state index in [0.29, 0.717) is 6.42 Å². The molecule has 0 saturated heterocycles. The maximum Gasteiger partial charge on any atom is 0.200 e. The first-order valence-electron chi connectivity index (χ1n) is 8.82. The number of halogens is 2. The van der Waals surface area contributed by atoms with Crippen LogP contribution in [-0.2, 0) is 6.54 Å². The quantitative estimate of drug-likeness (QED) is 0.689. The van der Waals surface area contributed by atoms with Gasteiger partial charge in [-0.1, -0.05) is 18.2 Å². The monoisotopic (exact) mass is 367 g/mol. The van der Waals surface area contributed by atoms with E-state index in [4.69, 9.17) is 4.74 Å². The Balaban J connectivity index is 1.70. The third kappa shape index (κ3) is 3.66. The van der Waals surface area contributed by atoms with Gasteiger partial charge in [-0.3, -0.25) is 0 Å². The summed E-state index contributed by atoms with van der Waals surface area (Å²) in [5.74, 6) is -1.92. The third-order valence-corrected chi connectivity index (χ3v) is 4.76. The smallest absolute Gasteiger partial charge is 0.200 e. The van der Waals surface area contributed by atoms with E-state index in [1.807, 2.05) is 31.3 Å². The Kier molecular flexibility index (Phi) is 4.81. The van der Waals surface area contributed by atoms with Gasteiger partial charge in [0.05, 0.1) is 5.69 Å². The minimum atomic E-state index is -0.951. The second kappa shape index (κ2) is 7.40. The van der Waals surface area contributed by atoms with Crippen molar-refractivity contribution in [1.82, 2.24) is 15.1 Å². The fraction of sp³-hybridized carbons (Fsp3) is 0.238. The first kappa shape index (κ1) is 17.5. The Morgan fingerprint density at radius 2 is 2.00 bits per heavy atom. The zero-order chi connectivity index (χ0) is 18.8. The fourth-order valence-electron chi connectivity index (χ4n) is 3.39. The molecule has 0 spiro atoms. The molecule has 3 aromatic rings. The highest BCUT2D eigenvalue weighted by Gasteiger charge is 2.24. The van der Waals surface area contributed by atoms with Crippen molar-refractivity contribution in [3.8, 4) is 17.0 Å². The van der Waals surface area contributed by atoms with E-state index in [2.05, 4.69) is 21.2 Å². The number of hydrogen-bond donors (Lipinski definition) is 0. The van der Waals surface area contributed by atoms with Gasteiger partial charge in [0.15, 0.2) is 11.6 Å². The largest absolute Gasteiger partial charge is 0.482 e. The van der Waals surface area contributed by atoms with Gasteiger partial charge in [-0.05, 0) is 48.5 Å². The second-order valence-electron chi connectivity index (χ2n) is 6.71. The van der Waals surface area contributed by atoms with Crippen molar-refractivity contribution in [2.45, 2.75) is 19.1 Å². The van der Waals surface area contributed by atoms with Crippen molar-refractivity contribution in [2.24, 2.45) is 0 Å². The molecule has 0 N–H and O–H groups in total. The van der Waals surface area contributed by atoms with E-state index in [1.165, 1.54) is 12.1 Å². The van der Waals surface area contributed by atoms with Crippen molar-refractivity contribution in [2.75, 3.05) is 13.6 Å². The van der Waals surface area contributed by atoms with E-state index in [-0.39, 0.29) is 11.9 Å². The van der Waals surface area contributed by atoms with Crippen LogP contribution in [0.3, 0.4) is 0 Å². The summed E-state index contributed by atoms with van der Waals surface area (Å²) in [4.78, 5) is 2.19. The molecule has 1 unspecified atom stereocenters. The molecule has 1 aliphatic rings. The molecule has 0 radical (unpaired) electrons. The standard InChI is InChI=1S/C21H19F2N3O/c1-26-11-9-19(27-20-6-2-4-17(22)21(20)23)16-8-7-14(12-15(16)13-26)18-5-3-10-24-25-18/h2-8,10,12,19H,9,11,13H2,1H3. The van der Waals surface area contributed by atoms with Crippen LogP contribution in [0.25, 0.3) is 11.3 Å². The predicted molar refractivity (Wildman–Crippen MR) is 98.1 cm³/mol. The van der Waals surface area contributed by atoms with Crippen molar-refractivity contribution in [1.29, 1.82) is 0 Å². The molecular formula is C21H19F2N3O. The summed E-state index contributed by atoms with van der Waals surface area (Å²) in [5.41, 5.74) is 3.82. The Bertz CT molecular complexity index is 949. The Morgan fingerprint density at radius 1 is 1.11 bits per heavy atom. The summed E-state index contributed by atoms with van der Waals surface area (Å²) >= 11 is 0. The third-order valence-electron chi connectivity index (χ3n) is 4.76. The predicted octanol–water partition coefficient (Wildman–Crippen LogP) is 4.38. The number of ether oxygens (including phenoxy) is 1. The second-order valence-corrected chi connectivity index (χ2v) is 6.71. The molecule has 4 nitrogen and oxygen atoms in total. The molecule has 2 aromatic carbocycles. The van der Waals surface area contributed by atoms with Crippen LogP contribution in [0.2, 0.25) is 0 Å². The van der Waals surface area contributed by atoms with Crippen LogP contribution in [-0.4, -0.2) is 28.7 Å². The first-order chi connectivity index (χ1) is 13.1. The van der Waals surface area contributed by atoms with Crippen molar-refractivity contribution < 1.29 is 13.5 Å². The Morgan fingerprint density at radius 3 is 2.81 bits per heavy atom. The number of nitrogens with zero attached hydrogens (tertiary/aromatic N) is 3. The van der Waals surface area contributed by atoms with Crippen molar-refractivity contribution >= 4 is 0 Å². The van der Waals surface area contributed by atoms with Crippen LogP contribution < -0.4 is 4.74 Å². The molecular weight excluding hydrogens is 348 g/mol. The molecule has 0 saturated carbocycles. The molecule has 0 bridgehead atoms. The zero-order valence-corrected chi connectivity index (χ0v) is 14.9. The van der Waals surface area contributed by atoms with Gasteiger partial charge < -0.3 is 9.64 Å². The number of rotatable bonds is 3. The van der Waals surface area contributed by atoms with E-state index in [0.717, 1.165) is 41.5 Å². The average molecular weight is 367 g/mol. The topological polar surface area (TPSA) is 38.2 Å². The molecule has 4 rings (SSSR count). The maximum atomic E-state index is 14.1. The Labute approximate surface area is 156 Å². The van der Waals surface area contributed by atoms with Gasteiger partial charge in [-0.25, -0.2) is 4.39 Å². The molecule has 1 aromatic heterocycles. The van der Waals surface area contributed by atoms with E-state index < -0.39 is 11.6 Å². The lowest BCUT2D eigenvalue weighted by Crippen LogP contribution is -2.18. The number of aromatic nitrogens is 2. The van der Waals surface area contributed by atoms with Crippen LogP contribution >= 0.6 is 0 Å². The fourth-order valence-corrected chi connectivity index (χ4v) is 3.39. The van der Waals surface area contributed by atoms with Gasteiger partial charge in [-0.2, -0.15) is 14.6 Å². The zero-order valence-electron chi connectivity index (χ0n) is 14.9. The lowest BCUT2D eigenvalue weighted by molar-refractivity contribution is 0.173. The summed E-state index contributed by atoms with van der Waals surface area (Å²) in [7, 11) is 2.03. The van der Waals surface area contributed by atoms with Crippen LogP contribution in [0.4, 0.5) is 8.78 Å². The molecule has 0 fully saturated rings. The number of hydrogen-bond acceptors (Lipinski definition) is 4. The summed E-state index contributed by atoms with van der Waals surface area (Å²) in [5, 5.41) is 8.10. The summed E-state index contributed by atoms with van der Waals surface area (Å²) in [6, 6.07) is 13.8. The van der Waals surface area contributed by atoms with Crippen LogP contribution in [0, 0.1) is 11.6 Å². The molecule has 1 atom stereocenters. The number of benzene rings is 2. The van der Waals surface area contributed by atoms with E-state index >= 15 is 0 Å². The maximum absolute atomic E-state index is 14.1. The average Bonchev–Trinajstić information content (AvgIpc) is 2.84. The van der Waals surface area contributed by atoms with Crippen molar-refractivity contribution in [3.63, 3.8) is 0 Å². The summed E-state index contributed by atoms with van der Waals surface area (Å²) in [6.07, 6.45) is 1.97. The highest BCUT2D eigenvalue weighted by atomic mass is 19.2. The summed E-state index contributed by atoms with van der Waals surface area (Å²) in [6.45, 7) is 1.53. The van der Waals surface area contributed by atoms with Gasteiger partial charge in [0.25, 0.3) is 0 Å². The molecule has 0 amide bonds. The molecule has 27 heavy (non-hydrogen) atoms. The normalized spacial score (nSPS) is 17.2. The SMILES string of the molecule is CN1CCC(Oc2cccc(F)c2F)c2ccc(-c3cccnn3)cc2C1. The van der Waals surface area contributed by atoms with Gasteiger partial charge >= 0.3 is 0 Å². The van der Waals surface area contributed by atoms with Gasteiger partial charge in [0, 0.05) is 31.3 Å². The van der Waals surface area contributed by atoms with Crippen LogP contribution in [0.1, 0.15) is 23.7 Å². The molecule has 2 heterocycles. The van der Waals surface area contributed by atoms with Gasteiger partial charge in [0.2, 0.25) is 5.82 Å².